The van der Waals surface area contributed by atoms with E-state index in [1.807, 2.05) is 25.1 Å². The van der Waals surface area contributed by atoms with Gasteiger partial charge in [0.2, 0.25) is 0 Å². The van der Waals surface area contributed by atoms with E-state index in [-0.39, 0.29) is 24.4 Å². The molecule has 1 aromatic rings. The Morgan fingerprint density at radius 1 is 1.48 bits per heavy atom. The number of carboxylic acid groups (broad SMARTS) is 1. The molecule has 0 aromatic heterocycles. The zero-order valence-electron chi connectivity index (χ0n) is 11.9. The van der Waals surface area contributed by atoms with Gasteiger partial charge in [-0.1, -0.05) is 29.8 Å². The zero-order valence-corrected chi connectivity index (χ0v) is 12.6. The number of nitrogens with one attached hydrogen (secondary N) is 1. The number of rotatable bonds is 4. The van der Waals surface area contributed by atoms with E-state index >= 15 is 0 Å². The van der Waals surface area contributed by atoms with Crippen LogP contribution in [0.3, 0.4) is 0 Å². The number of amides is 2. The number of carbonyl (C=O) groups is 2. The molecule has 1 fully saturated rings. The van der Waals surface area contributed by atoms with Crippen LogP contribution >= 0.6 is 11.6 Å². The molecule has 0 saturated carbocycles. The number of benzene rings is 1. The molecule has 1 aromatic carbocycles. The minimum atomic E-state index is -0.813. The van der Waals surface area contributed by atoms with Gasteiger partial charge in [0, 0.05) is 24.5 Å². The van der Waals surface area contributed by atoms with Gasteiger partial charge in [0.05, 0.1) is 6.04 Å². The van der Waals surface area contributed by atoms with Gasteiger partial charge >= 0.3 is 12.0 Å². The van der Waals surface area contributed by atoms with Crippen molar-refractivity contribution in [2.24, 2.45) is 5.92 Å². The molecule has 1 heterocycles. The smallest absolute Gasteiger partial charge is 0.317 e. The van der Waals surface area contributed by atoms with Crippen LogP contribution in [-0.4, -0.2) is 35.1 Å². The third-order valence-corrected chi connectivity index (χ3v) is 4.09. The van der Waals surface area contributed by atoms with E-state index in [1.165, 1.54) is 0 Å². The van der Waals surface area contributed by atoms with E-state index in [4.69, 9.17) is 16.7 Å². The number of carboxylic acids is 1. The quantitative estimate of drug-likeness (QED) is 0.898. The summed E-state index contributed by atoms with van der Waals surface area (Å²) in [7, 11) is 0. The summed E-state index contributed by atoms with van der Waals surface area (Å²) in [5, 5.41) is 12.3. The van der Waals surface area contributed by atoms with Gasteiger partial charge in [0.15, 0.2) is 0 Å². The molecule has 2 N–H and O–H groups in total. The van der Waals surface area contributed by atoms with Crippen LogP contribution in [0.4, 0.5) is 4.79 Å². The fraction of sp³-hybridized carbons (Fsp3) is 0.467. The lowest BCUT2D eigenvalue weighted by atomic mass is 10.1. The summed E-state index contributed by atoms with van der Waals surface area (Å²) in [5.41, 5.74) is 0.869. The first-order valence-electron chi connectivity index (χ1n) is 6.99. The molecule has 21 heavy (non-hydrogen) atoms. The van der Waals surface area contributed by atoms with Crippen molar-refractivity contribution in [3.8, 4) is 0 Å². The van der Waals surface area contributed by atoms with Crippen molar-refractivity contribution in [1.29, 1.82) is 0 Å². The first kappa shape index (κ1) is 15.6. The maximum atomic E-state index is 12.2. The van der Waals surface area contributed by atoms with Crippen LogP contribution in [0, 0.1) is 5.92 Å². The van der Waals surface area contributed by atoms with Crippen LogP contribution in [0.5, 0.6) is 0 Å². The number of aliphatic carboxylic acids is 1. The summed E-state index contributed by atoms with van der Waals surface area (Å²) >= 11 is 6.11. The fourth-order valence-corrected chi connectivity index (χ4v) is 2.91. The Hall–Kier alpha value is -1.75. The Morgan fingerprint density at radius 3 is 2.86 bits per heavy atom. The van der Waals surface area contributed by atoms with Crippen LogP contribution in [0.1, 0.15) is 31.4 Å². The van der Waals surface area contributed by atoms with Crippen molar-refractivity contribution < 1.29 is 14.7 Å². The van der Waals surface area contributed by atoms with Crippen LogP contribution in [0.2, 0.25) is 5.02 Å². The molecule has 2 rings (SSSR count). The fourth-order valence-electron chi connectivity index (χ4n) is 2.61. The molecular formula is C15H19ClN2O3. The average Bonchev–Trinajstić information content (AvgIpc) is 2.86. The topological polar surface area (TPSA) is 69.6 Å². The Bertz CT molecular complexity index is 535. The molecule has 0 spiro atoms. The summed E-state index contributed by atoms with van der Waals surface area (Å²) in [4.78, 5) is 24.6. The standard InChI is InChI=1S/C15H19ClN2O3/c1-10(12-4-2-3-5-13(12)16)17-15(21)18-7-6-11(9-18)8-14(19)20/h2-5,10-11H,6-9H2,1H3,(H,17,21)(H,19,20). The van der Waals surface area contributed by atoms with E-state index in [0.717, 1.165) is 12.0 Å². The summed E-state index contributed by atoms with van der Waals surface area (Å²) in [6.45, 7) is 2.97. The van der Waals surface area contributed by atoms with Crippen LogP contribution in [-0.2, 0) is 4.79 Å². The Labute approximate surface area is 128 Å². The van der Waals surface area contributed by atoms with Gasteiger partial charge in [-0.2, -0.15) is 0 Å². The molecule has 2 atom stereocenters. The highest BCUT2D eigenvalue weighted by Crippen LogP contribution is 2.24. The number of urea groups is 1. The lowest BCUT2D eigenvalue weighted by molar-refractivity contribution is -0.138. The number of halogens is 1. The van der Waals surface area contributed by atoms with E-state index < -0.39 is 5.97 Å². The molecule has 2 amide bonds. The van der Waals surface area contributed by atoms with Gasteiger partial charge in [-0.25, -0.2) is 4.79 Å². The third-order valence-electron chi connectivity index (χ3n) is 3.75. The highest BCUT2D eigenvalue weighted by Gasteiger charge is 2.28. The summed E-state index contributed by atoms with van der Waals surface area (Å²) in [5.74, 6) is -0.768. The monoisotopic (exact) mass is 310 g/mol. The lowest BCUT2D eigenvalue weighted by Gasteiger charge is -2.21. The molecule has 0 aliphatic carbocycles. The Kier molecular flexibility index (Phi) is 5.07. The predicted octanol–water partition coefficient (Wildman–Crippen LogP) is 2.91. The first-order chi connectivity index (χ1) is 9.97. The number of hydrogen-bond donors (Lipinski definition) is 2. The van der Waals surface area contributed by atoms with Gasteiger partial charge < -0.3 is 15.3 Å². The van der Waals surface area contributed by atoms with Crippen molar-refractivity contribution in [2.75, 3.05) is 13.1 Å². The van der Waals surface area contributed by atoms with Crippen LogP contribution < -0.4 is 5.32 Å². The molecule has 0 radical (unpaired) electrons. The molecule has 1 aliphatic rings. The van der Waals surface area contributed by atoms with Crippen molar-refractivity contribution in [2.45, 2.75) is 25.8 Å². The highest BCUT2D eigenvalue weighted by atomic mass is 35.5. The number of likely N-dealkylation sites (tertiary alicyclic amines) is 1. The molecule has 5 nitrogen and oxygen atoms in total. The molecule has 114 valence electrons. The van der Waals surface area contributed by atoms with Gasteiger partial charge in [-0.05, 0) is 30.9 Å². The SMILES string of the molecule is CC(NC(=O)N1CCC(CC(=O)O)C1)c1ccccc1Cl. The normalized spacial score (nSPS) is 19.3. The lowest BCUT2D eigenvalue weighted by Crippen LogP contribution is -2.39. The Morgan fingerprint density at radius 2 is 2.19 bits per heavy atom. The van der Waals surface area contributed by atoms with E-state index in [2.05, 4.69) is 5.32 Å². The van der Waals surface area contributed by atoms with Crippen molar-refractivity contribution in [3.05, 3.63) is 34.9 Å². The molecule has 0 bridgehead atoms. The highest BCUT2D eigenvalue weighted by molar-refractivity contribution is 6.31. The molecule has 6 heteroatoms. The molecule has 2 unspecified atom stereocenters. The average molecular weight is 311 g/mol. The van der Waals surface area contributed by atoms with Crippen LogP contribution in [0.25, 0.3) is 0 Å². The third kappa shape index (κ3) is 4.11. The van der Waals surface area contributed by atoms with Crippen LogP contribution in [0.15, 0.2) is 24.3 Å². The second kappa shape index (κ2) is 6.80. The van der Waals surface area contributed by atoms with Gasteiger partial charge in [0.1, 0.15) is 0 Å². The first-order valence-corrected chi connectivity index (χ1v) is 7.37. The number of hydrogen-bond acceptors (Lipinski definition) is 2. The van der Waals surface area contributed by atoms with Gasteiger partial charge in [-0.15, -0.1) is 0 Å². The van der Waals surface area contributed by atoms with Crippen molar-refractivity contribution in [1.82, 2.24) is 10.2 Å². The second-order valence-electron chi connectivity index (χ2n) is 5.39. The summed E-state index contributed by atoms with van der Waals surface area (Å²) in [6.07, 6.45) is 0.851. The molecule has 1 aliphatic heterocycles. The minimum absolute atomic E-state index is 0.0452. The number of carbonyl (C=O) groups excluding carboxylic acids is 1. The van der Waals surface area contributed by atoms with E-state index in [9.17, 15) is 9.59 Å². The summed E-state index contributed by atoms with van der Waals surface area (Å²) in [6, 6.07) is 7.03. The van der Waals surface area contributed by atoms with Gasteiger partial charge in [0.25, 0.3) is 0 Å². The largest absolute Gasteiger partial charge is 0.481 e. The van der Waals surface area contributed by atoms with E-state index in [0.29, 0.717) is 18.1 Å². The van der Waals surface area contributed by atoms with E-state index in [1.54, 1.807) is 11.0 Å². The zero-order chi connectivity index (χ0) is 15.4. The molecular weight excluding hydrogens is 292 g/mol. The van der Waals surface area contributed by atoms with Gasteiger partial charge in [-0.3, -0.25) is 4.79 Å². The number of nitrogens with zero attached hydrogens (tertiary/aromatic N) is 1. The van der Waals surface area contributed by atoms with Crippen molar-refractivity contribution in [3.63, 3.8) is 0 Å². The Balaban J connectivity index is 1.90. The molecule has 1 saturated heterocycles. The van der Waals surface area contributed by atoms with Crippen molar-refractivity contribution >= 4 is 23.6 Å². The second-order valence-corrected chi connectivity index (χ2v) is 5.80. The maximum absolute atomic E-state index is 12.2. The summed E-state index contributed by atoms with van der Waals surface area (Å²) < 4.78 is 0. The maximum Gasteiger partial charge on any atom is 0.317 e. The minimum Gasteiger partial charge on any atom is -0.481 e. The predicted molar refractivity (Wildman–Crippen MR) is 80.3 cm³/mol.